The highest BCUT2D eigenvalue weighted by atomic mass is 35.5. The van der Waals surface area contributed by atoms with Gasteiger partial charge in [-0.25, -0.2) is 8.78 Å². The quantitative estimate of drug-likeness (QED) is 0.648. The average molecular weight is 421 g/mol. The van der Waals surface area contributed by atoms with Crippen LogP contribution in [0, 0.1) is 11.6 Å². The molecule has 3 aromatic rings. The highest BCUT2D eigenvalue weighted by Gasteiger charge is 2.17. The van der Waals surface area contributed by atoms with Gasteiger partial charge in [0.25, 0.3) is 0 Å². The molecule has 152 valence electrons. The lowest BCUT2D eigenvalue weighted by Gasteiger charge is -2.27. The molecule has 1 aliphatic heterocycles. The molecule has 0 spiro atoms. The van der Waals surface area contributed by atoms with Gasteiger partial charge in [-0.15, -0.1) is 12.4 Å². The number of halogens is 3. The summed E-state index contributed by atoms with van der Waals surface area (Å²) < 4.78 is 32.0. The summed E-state index contributed by atoms with van der Waals surface area (Å²) in [7, 11) is 0. The first-order valence-corrected chi connectivity index (χ1v) is 8.80. The molecule has 1 fully saturated rings. The van der Waals surface area contributed by atoms with Gasteiger partial charge in [0.15, 0.2) is 0 Å². The van der Waals surface area contributed by atoms with Gasteiger partial charge in [-0.1, -0.05) is 6.07 Å². The third-order valence-corrected chi connectivity index (χ3v) is 4.10. The fraction of sp³-hybridized carbons (Fsp3) is 0.211. The molecular formula is C19H19ClF2N6O. The first-order chi connectivity index (χ1) is 13.7. The fourth-order valence-electron chi connectivity index (χ4n) is 2.74. The molecule has 0 aliphatic carbocycles. The maximum Gasteiger partial charge on any atom is 0.233 e. The Kier molecular flexibility index (Phi) is 6.73. The Hall–Kier alpha value is -3.04. The Bertz CT molecular complexity index is 954. The van der Waals surface area contributed by atoms with E-state index in [9.17, 15) is 8.78 Å². The van der Waals surface area contributed by atoms with E-state index in [1.165, 1.54) is 24.3 Å². The number of ether oxygens (including phenoxy) is 1. The lowest BCUT2D eigenvalue weighted by molar-refractivity contribution is 0.122. The summed E-state index contributed by atoms with van der Waals surface area (Å²) in [4.78, 5) is 15.3. The molecule has 1 aromatic heterocycles. The van der Waals surface area contributed by atoms with Crippen molar-refractivity contribution < 1.29 is 13.5 Å². The van der Waals surface area contributed by atoms with Crippen molar-refractivity contribution in [3.05, 3.63) is 60.2 Å². The molecule has 10 heteroatoms. The fourth-order valence-corrected chi connectivity index (χ4v) is 2.74. The van der Waals surface area contributed by atoms with E-state index in [1.54, 1.807) is 24.3 Å². The molecule has 0 saturated carbocycles. The lowest BCUT2D eigenvalue weighted by atomic mass is 10.3. The maximum atomic E-state index is 13.5. The van der Waals surface area contributed by atoms with Crippen molar-refractivity contribution in [3.8, 4) is 0 Å². The molecule has 2 N–H and O–H groups in total. The number of morpholine rings is 1. The number of benzene rings is 2. The van der Waals surface area contributed by atoms with Gasteiger partial charge >= 0.3 is 0 Å². The predicted molar refractivity (Wildman–Crippen MR) is 109 cm³/mol. The SMILES string of the molecule is Cl.Fc1ccc(Nc2nc(Nc3cccc(F)c3)nc(N3CCOCC3)n2)cc1. The molecule has 1 saturated heterocycles. The topological polar surface area (TPSA) is 75.2 Å². The van der Waals surface area contributed by atoms with Crippen LogP contribution in [0.15, 0.2) is 48.5 Å². The van der Waals surface area contributed by atoms with E-state index in [1.807, 2.05) is 4.90 Å². The number of nitrogens with zero attached hydrogens (tertiary/aromatic N) is 4. The maximum absolute atomic E-state index is 13.5. The minimum absolute atomic E-state index is 0. The van der Waals surface area contributed by atoms with Gasteiger partial charge in [-0.3, -0.25) is 0 Å². The van der Waals surface area contributed by atoms with Crippen molar-refractivity contribution >= 4 is 41.6 Å². The largest absolute Gasteiger partial charge is 0.378 e. The van der Waals surface area contributed by atoms with Crippen LogP contribution in [0.1, 0.15) is 0 Å². The van der Waals surface area contributed by atoms with Gasteiger partial charge in [0.05, 0.1) is 13.2 Å². The molecule has 2 heterocycles. The van der Waals surface area contributed by atoms with Crippen LogP contribution < -0.4 is 15.5 Å². The Morgan fingerprint density at radius 2 is 1.45 bits per heavy atom. The Morgan fingerprint density at radius 1 is 0.793 bits per heavy atom. The summed E-state index contributed by atoms with van der Waals surface area (Å²) in [6, 6.07) is 11.9. The number of rotatable bonds is 5. The van der Waals surface area contributed by atoms with Crippen LogP contribution in [0.2, 0.25) is 0 Å². The van der Waals surface area contributed by atoms with E-state index in [2.05, 4.69) is 25.6 Å². The monoisotopic (exact) mass is 420 g/mol. The van der Waals surface area contributed by atoms with Crippen LogP contribution >= 0.6 is 12.4 Å². The second-order valence-electron chi connectivity index (χ2n) is 6.15. The van der Waals surface area contributed by atoms with Crippen LogP contribution in [-0.2, 0) is 4.74 Å². The molecule has 7 nitrogen and oxygen atoms in total. The molecule has 4 rings (SSSR count). The molecule has 0 bridgehead atoms. The third kappa shape index (κ3) is 5.49. The van der Waals surface area contributed by atoms with Crippen LogP contribution in [0.5, 0.6) is 0 Å². The molecule has 0 amide bonds. The summed E-state index contributed by atoms with van der Waals surface area (Å²) in [6.45, 7) is 2.47. The van der Waals surface area contributed by atoms with Crippen molar-refractivity contribution in [3.63, 3.8) is 0 Å². The lowest BCUT2D eigenvalue weighted by Crippen LogP contribution is -2.37. The zero-order valence-electron chi connectivity index (χ0n) is 15.3. The van der Waals surface area contributed by atoms with Gasteiger partial charge in [0, 0.05) is 24.5 Å². The van der Waals surface area contributed by atoms with E-state index in [0.29, 0.717) is 49.6 Å². The normalized spacial score (nSPS) is 13.5. The van der Waals surface area contributed by atoms with Crippen molar-refractivity contribution in [2.75, 3.05) is 41.8 Å². The summed E-state index contributed by atoms with van der Waals surface area (Å²) >= 11 is 0. The molecule has 0 unspecified atom stereocenters. The van der Waals surface area contributed by atoms with Gasteiger partial charge in [0.1, 0.15) is 11.6 Å². The van der Waals surface area contributed by atoms with Crippen molar-refractivity contribution in [2.45, 2.75) is 0 Å². The smallest absolute Gasteiger partial charge is 0.233 e. The summed E-state index contributed by atoms with van der Waals surface area (Å²) in [5.74, 6) is 0.344. The number of hydrogen-bond acceptors (Lipinski definition) is 7. The number of aromatic nitrogens is 3. The van der Waals surface area contributed by atoms with Crippen molar-refractivity contribution in [2.24, 2.45) is 0 Å². The molecular weight excluding hydrogens is 402 g/mol. The molecule has 0 atom stereocenters. The van der Waals surface area contributed by atoms with Gasteiger partial charge in [-0.05, 0) is 42.5 Å². The molecule has 0 radical (unpaired) electrons. The van der Waals surface area contributed by atoms with E-state index < -0.39 is 0 Å². The summed E-state index contributed by atoms with van der Waals surface area (Å²) in [5.41, 5.74) is 1.16. The minimum Gasteiger partial charge on any atom is -0.378 e. The van der Waals surface area contributed by atoms with Crippen LogP contribution in [0.25, 0.3) is 0 Å². The van der Waals surface area contributed by atoms with Gasteiger partial charge < -0.3 is 20.3 Å². The molecule has 29 heavy (non-hydrogen) atoms. The van der Waals surface area contributed by atoms with Crippen molar-refractivity contribution in [1.29, 1.82) is 0 Å². The first-order valence-electron chi connectivity index (χ1n) is 8.80. The molecule has 1 aliphatic rings. The van der Waals surface area contributed by atoms with Crippen molar-refractivity contribution in [1.82, 2.24) is 15.0 Å². The number of hydrogen-bond donors (Lipinski definition) is 2. The number of nitrogens with one attached hydrogen (secondary N) is 2. The second-order valence-corrected chi connectivity index (χ2v) is 6.15. The first kappa shape index (κ1) is 20.7. The predicted octanol–water partition coefficient (Wildman–Crippen LogP) is 3.90. The summed E-state index contributed by atoms with van der Waals surface area (Å²) in [6.07, 6.45) is 0. The van der Waals surface area contributed by atoms with E-state index >= 15 is 0 Å². The van der Waals surface area contributed by atoms with Crippen LogP contribution in [0.3, 0.4) is 0 Å². The van der Waals surface area contributed by atoms with E-state index in [0.717, 1.165) is 0 Å². The van der Waals surface area contributed by atoms with Gasteiger partial charge in [-0.2, -0.15) is 15.0 Å². The van der Waals surface area contributed by atoms with E-state index in [4.69, 9.17) is 4.74 Å². The standard InChI is InChI=1S/C19H18F2N6O.ClH/c20-13-4-6-15(7-5-13)22-17-24-18(23-16-3-1-2-14(21)12-16)26-19(25-17)27-8-10-28-11-9-27;/h1-7,12H,8-11H2,(H2,22,23,24,25,26);1H. The highest BCUT2D eigenvalue weighted by molar-refractivity contribution is 5.85. The summed E-state index contributed by atoms with van der Waals surface area (Å²) in [5, 5.41) is 6.05. The zero-order chi connectivity index (χ0) is 19.3. The minimum atomic E-state index is -0.364. The van der Waals surface area contributed by atoms with E-state index in [-0.39, 0.29) is 30.0 Å². The third-order valence-electron chi connectivity index (χ3n) is 4.10. The molecule has 2 aromatic carbocycles. The zero-order valence-corrected chi connectivity index (χ0v) is 16.1. The average Bonchev–Trinajstić information content (AvgIpc) is 2.70. The number of anilines is 5. The Balaban J connectivity index is 0.00000240. The van der Waals surface area contributed by atoms with Crippen LogP contribution in [-0.4, -0.2) is 41.3 Å². The highest BCUT2D eigenvalue weighted by Crippen LogP contribution is 2.21. The Morgan fingerprint density at radius 3 is 2.10 bits per heavy atom. The second kappa shape index (κ2) is 9.44. The van der Waals surface area contributed by atoms with Crippen LogP contribution in [0.4, 0.5) is 38.0 Å². The van der Waals surface area contributed by atoms with Gasteiger partial charge in [0.2, 0.25) is 17.8 Å². The Labute approximate surface area is 172 Å².